The second kappa shape index (κ2) is 12.4. The molecule has 2 rings (SSSR count). The lowest BCUT2D eigenvalue weighted by Gasteiger charge is -2.44. The number of aromatic nitrogens is 2. The van der Waals surface area contributed by atoms with Crippen molar-refractivity contribution in [2.24, 2.45) is 5.41 Å². The summed E-state index contributed by atoms with van der Waals surface area (Å²) >= 11 is 0. The summed E-state index contributed by atoms with van der Waals surface area (Å²) in [5.41, 5.74) is 0.125. The van der Waals surface area contributed by atoms with Crippen molar-refractivity contribution in [2.75, 3.05) is 18.5 Å². The lowest BCUT2D eigenvalue weighted by Crippen LogP contribution is -2.51. The van der Waals surface area contributed by atoms with Gasteiger partial charge in [0.2, 0.25) is 17.4 Å². The smallest absolute Gasteiger partial charge is 0.306 e. The van der Waals surface area contributed by atoms with Crippen molar-refractivity contribution in [2.45, 2.75) is 98.0 Å². The maximum atomic E-state index is 14.4. The van der Waals surface area contributed by atoms with Gasteiger partial charge in [0.25, 0.3) is 1.43 Å². The number of benzene rings is 1. The summed E-state index contributed by atoms with van der Waals surface area (Å²) < 4.78 is 62.5. The predicted molar refractivity (Wildman–Crippen MR) is 164 cm³/mol. The fourth-order valence-corrected chi connectivity index (χ4v) is 5.54. The number of aliphatic carboxylic acids is 1. The van der Waals surface area contributed by atoms with E-state index in [1.54, 1.807) is 66.7 Å². The van der Waals surface area contributed by atoms with Gasteiger partial charge < -0.3 is 15.0 Å². The fraction of sp³-hybridized carbons (Fsp3) is 0.581. The van der Waals surface area contributed by atoms with E-state index in [4.69, 9.17) is 22.7 Å². The first-order valence-electron chi connectivity index (χ1n) is 14.6. The number of hydrogen-bond donors (Lipinski definition) is 2. The van der Waals surface area contributed by atoms with Gasteiger partial charge >= 0.3 is 5.97 Å². The Kier molecular flexibility index (Phi) is 9.44. The Balaban J connectivity index is 3.01. The molecule has 234 valence electrons. The lowest BCUT2D eigenvalue weighted by molar-refractivity contribution is -0.160. The van der Waals surface area contributed by atoms with Crippen LogP contribution in [0.1, 0.15) is 85.6 Å². The van der Waals surface area contributed by atoms with E-state index in [1.165, 1.54) is 20.2 Å². The molecule has 0 unspecified atom stereocenters. The number of sulfonamides is 1. The van der Waals surface area contributed by atoms with E-state index in [9.17, 15) is 17.6 Å². The van der Waals surface area contributed by atoms with E-state index in [2.05, 4.69) is 5.11 Å². The molecule has 0 aliphatic carbocycles. The second-order valence-corrected chi connectivity index (χ2v) is 15.4. The van der Waals surface area contributed by atoms with Gasteiger partial charge in [-0.1, -0.05) is 40.7 Å². The number of nitrogens with zero attached hydrogens (tertiary/aromatic N) is 3. The molecule has 2 aromatic rings. The molecule has 2 atom stereocenters. The first-order valence-corrected chi connectivity index (χ1v) is 15.3. The molecule has 42 heavy (non-hydrogen) atoms. The minimum absolute atomic E-state index is 0.0355. The van der Waals surface area contributed by atoms with Crippen LogP contribution in [0.4, 0.5) is 10.3 Å². The number of hydrogen-bond acceptors (Lipinski definition) is 8. The van der Waals surface area contributed by atoms with Gasteiger partial charge in [-0.2, -0.15) is 0 Å². The monoisotopic (exact) mass is 609 g/mol. The number of aryl methyl sites for hydroxylation is 1. The van der Waals surface area contributed by atoms with Crippen LogP contribution in [0.15, 0.2) is 24.3 Å². The number of aliphatic hydroxyl groups is 1. The maximum Gasteiger partial charge on any atom is 0.306 e. The number of halogens is 1. The highest BCUT2D eigenvalue weighted by molar-refractivity contribution is 7.93. The van der Waals surface area contributed by atoms with Crippen LogP contribution in [0.2, 0.25) is 0 Å². The number of aliphatic hydroxyl groups excluding tert-OH is 1. The van der Waals surface area contributed by atoms with Crippen molar-refractivity contribution < 1.29 is 32.6 Å². The number of methoxy groups -OCH3 is 1. The number of carboxylic acid groups (broad SMARTS) is 1. The number of carboxylic acids is 1. The summed E-state index contributed by atoms with van der Waals surface area (Å²) in [5.74, 6) is -1.24. The van der Waals surface area contributed by atoms with Crippen molar-refractivity contribution in [1.29, 1.82) is 2.86 Å². The Morgan fingerprint density at radius 3 is 2.29 bits per heavy atom. The largest absolute Gasteiger partial charge is 0.481 e. The molecule has 2 N–H and O–H groups in total. The lowest BCUT2D eigenvalue weighted by atomic mass is 9.69. The summed E-state index contributed by atoms with van der Waals surface area (Å²) in [6.45, 7) is 17.6. The van der Waals surface area contributed by atoms with Gasteiger partial charge in [0, 0.05) is 36.1 Å². The summed E-state index contributed by atoms with van der Waals surface area (Å²) in [7, 11) is -0.959. The first-order chi connectivity index (χ1) is 20.1. The molecule has 0 radical (unpaired) electrons. The number of ether oxygens (including phenoxy) is 1. The zero-order valence-electron chi connectivity index (χ0n) is 28.7. The van der Waals surface area contributed by atoms with Gasteiger partial charge in [-0.3, -0.25) is 4.79 Å². The molecule has 0 saturated heterocycles. The normalized spacial score (nSPS) is 16.0. The van der Waals surface area contributed by atoms with Gasteiger partial charge in [-0.05, 0) is 64.0 Å². The summed E-state index contributed by atoms with van der Waals surface area (Å²) in [6.07, 6.45) is 0.484. The average Bonchev–Trinajstić information content (AvgIpc) is 2.94. The van der Waals surface area contributed by atoms with Crippen LogP contribution < -0.4 is 4.31 Å². The highest BCUT2D eigenvalue weighted by Gasteiger charge is 2.47. The minimum Gasteiger partial charge on any atom is -0.481 e. The Morgan fingerprint density at radius 1 is 1.19 bits per heavy atom. The van der Waals surface area contributed by atoms with E-state index >= 15 is 0 Å². The molecular weight excluding hydrogens is 561 g/mol. The molecule has 1 aromatic heterocycles. The molecule has 0 spiro atoms. The van der Waals surface area contributed by atoms with Crippen LogP contribution in [0.3, 0.4) is 0 Å². The van der Waals surface area contributed by atoms with E-state index in [0.29, 0.717) is 33.7 Å². The van der Waals surface area contributed by atoms with Gasteiger partial charge in [0.15, 0.2) is 0 Å². The van der Waals surface area contributed by atoms with Gasteiger partial charge in [-0.15, -0.1) is 0 Å². The molecule has 9 nitrogen and oxygen atoms in total. The van der Waals surface area contributed by atoms with Crippen LogP contribution in [0, 0.1) is 18.2 Å². The van der Waals surface area contributed by atoms with Crippen molar-refractivity contribution in [3.63, 3.8) is 0 Å². The molecule has 0 aliphatic heterocycles. The summed E-state index contributed by atoms with van der Waals surface area (Å²) in [5, 5.41) is 8.65. The Labute approximate surface area is 252 Å². The zero-order chi connectivity index (χ0) is 34.0. The van der Waals surface area contributed by atoms with Gasteiger partial charge in [-0.25, -0.2) is 27.1 Å². The van der Waals surface area contributed by atoms with Crippen molar-refractivity contribution in [1.82, 2.24) is 9.97 Å². The van der Waals surface area contributed by atoms with Crippen molar-refractivity contribution in [3.8, 4) is 11.3 Å². The van der Waals surface area contributed by atoms with E-state index in [1.807, 2.05) is 20.8 Å². The zero-order valence-corrected chi connectivity index (χ0v) is 27.6. The Hall–Kier alpha value is -2.89. The summed E-state index contributed by atoms with van der Waals surface area (Å²) in [6, 6.07) is 4.54. The third kappa shape index (κ3) is 7.01. The third-order valence-electron chi connectivity index (χ3n) is 8.10. The predicted octanol–water partition coefficient (Wildman–Crippen LogP) is 5.73. The van der Waals surface area contributed by atoms with Crippen LogP contribution >= 0.6 is 0 Å². The van der Waals surface area contributed by atoms with Crippen LogP contribution in [-0.2, 0) is 25.0 Å². The van der Waals surface area contributed by atoms with Crippen LogP contribution in [-0.4, -0.2) is 67.1 Å². The fourth-order valence-electron chi connectivity index (χ4n) is 4.60. The molecule has 0 bridgehead atoms. The molecular formula is C31H46FN3O6S. The number of allylic oxidation sites excluding steroid dienone is 1. The number of carbonyl (C=O) groups is 1. The standard InChI is InChI=1S/C31H46FN3O6S/c1-18(2)42(39,40)35(11)28-33-26(21-13-14-22(32)19(3)15-21)25(27(34-28)29(5,6)7)20(4)16-23(36)30(8,9)31(10,41-12)17-24(37)38/h13-16,18,23,36H,17H2,1-12H3,(H,37,38)/b20-16+/t23-,31+/m1/s1/i36D/hD. The van der Waals surface area contributed by atoms with Crippen molar-refractivity contribution >= 4 is 27.5 Å². The number of rotatable bonds is 12. The molecule has 1 aromatic carbocycles. The Bertz CT molecular complexity index is 1510. The first kappa shape index (κ1) is 32.0. The molecule has 0 amide bonds. The van der Waals surface area contributed by atoms with Gasteiger partial charge in [0.05, 0.1) is 34.8 Å². The topological polar surface area (TPSA) is 130 Å². The van der Waals surface area contributed by atoms with Crippen LogP contribution in [0.25, 0.3) is 18.3 Å². The van der Waals surface area contributed by atoms with E-state index in [0.717, 1.165) is 4.31 Å². The maximum absolute atomic E-state index is 14.4. The van der Waals surface area contributed by atoms with E-state index < -0.39 is 49.6 Å². The van der Waals surface area contributed by atoms with Crippen LogP contribution in [0.5, 0.6) is 0 Å². The van der Waals surface area contributed by atoms with E-state index in [-0.39, 0.29) is 12.4 Å². The molecule has 0 saturated carbocycles. The SMILES string of the molecule is [2H]OC(=O)C[C@](C)(OC)C(C)(C)[C@@H](/C=C(\C)c1c(-c2ccc(F)c(C)c2)nc(N(C)S(=O)(=O)C(C)C)nc1C(C)(C)C)O[2H]. The minimum atomic E-state index is -3.79. The quantitative estimate of drug-likeness (QED) is 0.312. The third-order valence-corrected chi connectivity index (χ3v) is 10.2. The molecule has 11 heteroatoms. The highest BCUT2D eigenvalue weighted by Crippen LogP contribution is 2.43. The van der Waals surface area contributed by atoms with Crippen molar-refractivity contribution in [3.05, 3.63) is 46.9 Å². The van der Waals surface area contributed by atoms with Gasteiger partial charge in [0.1, 0.15) is 5.82 Å². The highest BCUT2D eigenvalue weighted by atomic mass is 32.2. The summed E-state index contributed by atoms with van der Waals surface area (Å²) in [4.78, 5) is 21.6. The molecule has 0 fully saturated rings. The number of anilines is 1. The Morgan fingerprint density at radius 2 is 1.81 bits per heavy atom. The molecule has 0 aliphatic rings. The average molecular weight is 610 g/mol. The molecule has 1 heterocycles. The second-order valence-electron chi connectivity index (χ2n) is 12.8.